The van der Waals surface area contributed by atoms with Crippen molar-refractivity contribution in [1.82, 2.24) is 14.7 Å². The number of carbonyl (C=O) groups is 2. The minimum Gasteiger partial charge on any atom is -0.348 e. The van der Waals surface area contributed by atoms with Crippen molar-refractivity contribution in [2.45, 2.75) is 45.1 Å². The minimum absolute atomic E-state index is 0.196. The number of aromatic nitrogens is 2. The van der Waals surface area contributed by atoms with E-state index in [0.717, 1.165) is 43.4 Å². The van der Waals surface area contributed by atoms with Gasteiger partial charge in [-0.1, -0.05) is 44.0 Å². The summed E-state index contributed by atoms with van der Waals surface area (Å²) in [5.41, 5.74) is 2.74. The Balaban J connectivity index is 1.65. The summed E-state index contributed by atoms with van der Waals surface area (Å²) in [6.07, 6.45) is 6.85. The summed E-state index contributed by atoms with van der Waals surface area (Å²) in [4.78, 5) is 30.2. The Morgan fingerprint density at radius 3 is 2.61 bits per heavy atom. The number of fused-ring (bicyclic) bond motifs is 1. The maximum Gasteiger partial charge on any atom is 0.292 e. The fourth-order valence-corrected chi connectivity index (χ4v) is 3.82. The van der Waals surface area contributed by atoms with Gasteiger partial charge >= 0.3 is 0 Å². The first-order valence-corrected chi connectivity index (χ1v) is 9.84. The number of aryl methyl sites for hydroxylation is 1. The van der Waals surface area contributed by atoms with E-state index in [-0.39, 0.29) is 23.7 Å². The summed E-state index contributed by atoms with van der Waals surface area (Å²) >= 11 is 0. The SMILES string of the molecule is CCc1ccccc1NC(=O)c1nc(C(=O)NC2CCCC2)c2ccccn12. The molecule has 2 aromatic heterocycles. The molecule has 0 bridgehead atoms. The lowest BCUT2D eigenvalue weighted by Crippen LogP contribution is -2.33. The molecule has 2 N–H and O–H groups in total. The summed E-state index contributed by atoms with van der Waals surface area (Å²) < 4.78 is 1.67. The summed E-state index contributed by atoms with van der Waals surface area (Å²) in [6.45, 7) is 2.04. The summed E-state index contributed by atoms with van der Waals surface area (Å²) in [7, 11) is 0. The van der Waals surface area contributed by atoms with Crippen LogP contribution in [0.15, 0.2) is 48.7 Å². The third kappa shape index (κ3) is 3.50. The Labute approximate surface area is 164 Å². The van der Waals surface area contributed by atoms with Crippen LogP contribution < -0.4 is 10.6 Å². The number of nitrogens with zero attached hydrogens (tertiary/aromatic N) is 2. The van der Waals surface area contributed by atoms with Crippen LogP contribution in [0.4, 0.5) is 5.69 Å². The molecule has 1 saturated carbocycles. The van der Waals surface area contributed by atoms with Crippen molar-refractivity contribution in [3.8, 4) is 0 Å². The quantitative estimate of drug-likeness (QED) is 0.711. The monoisotopic (exact) mass is 376 g/mol. The van der Waals surface area contributed by atoms with Crippen LogP contribution in [0.5, 0.6) is 0 Å². The Morgan fingerprint density at radius 1 is 1.07 bits per heavy atom. The zero-order chi connectivity index (χ0) is 19.5. The average Bonchev–Trinajstić information content (AvgIpc) is 3.36. The Bertz CT molecular complexity index is 1020. The van der Waals surface area contributed by atoms with Crippen molar-refractivity contribution in [1.29, 1.82) is 0 Å². The fourth-order valence-electron chi connectivity index (χ4n) is 3.82. The van der Waals surface area contributed by atoms with Crippen LogP contribution in [-0.4, -0.2) is 27.2 Å². The lowest BCUT2D eigenvalue weighted by atomic mass is 10.1. The number of hydrogen-bond acceptors (Lipinski definition) is 3. The molecule has 0 spiro atoms. The van der Waals surface area contributed by atoms with Gasteiger partial charge in [0.05, 0.1) is 5.52 Å². The number of para-hydroxylation sites is 1. The maximum atomic E-state index is 13.0. The Hall–Kier alpha value is -3.15. The van der Waals surface area contributed by atoms with Crippen LogP contribution in [-0.2, 0) is 6.42 Å². The van der Waals surface area contributed by atoms with Gasteiger partial charge in [0, 0.05) is 17.9 Å². The highest BCUT2D eigenvalue weighted by molar-refractivity contribution is 6.06. The van der Waals surface area contributed by atoms with Gasteiger partial charge in [-0.2, -0.15) is 0 Å². The second-order valence-electron chi connectivity index (χ2n) is 7.16. The molecule has 3 aromatic rings. The first-order valence-electron chi connectivity index (χ1n) is 9.84. The highest BCUT2D eigenvalue weighted by atomic mass is 16.2. The van der Waals surface area contributed by atoms with E-state index in [2.05, 4.69) is 15.6 Å². The molecule has 0 atom stereocenters. The third-order valence-corrected chi connectivity index (χ3v) is 5.30. The van der Waals surface area contributed by atoms with E-state index >= 15 is 0 Å². The van der Waals surface area contributed by atoms with Gasteiger partial charge in [-0.05, 0) is 43.0 Å². The Morgan fingerprint density at radius 2 is 1.82 bits per heavy atom. The van der Waals surface area contributed by atoms with Gasteiger partial charge in [0.2, 0.25) is 5.82 Å². The number of amides is 2. The van der Waals surface area contributed by atoms with Gasteiger partial charge in [0.15, 0.2) is 5.69 Å². The topological polar surface area (TPSA) is 75.5 Å². The number of imidazole rings is 1. The number of rotatable bonds is 5. The highest BCUT2D eigenvalue weighted by Crippen LogP contribution is 2.21. The molecule has 6 heteroatoms. The molecule has 1 aromatic carbocycles. The maximum absolute atomic E-state index is 13.0. The molecule has 0 unspecified atom stereocenters. The number of pyridine rings is 1. The predicted molar refractivity (Wildman–Crippen MR) is 109 cm³/mol. The van der Waals surface area contributed by atoms with Crippen LogP contribution >= 0.6 is 0 Å². The molecular weight excluding hydrogens is 352 g/mol. The van der Waals surface area contributed by atoms with Crippen LogP contribution in [0.2, 0.25) is 0 Å². The van der Waals surface area contributed by atoms with Crippen molar-refractivity contribution in [2.24, 2.45) is 0 Å². The van der Waals surface area contributed by atoms with Crippen LogP contribution in [0.3, 0.4) is 0 Å². The van der Waals surface area contributed by atoms with E-state index in [1.807, 2.05) is 49.4 Å². The molecule has 0 aliphatic heterocycles. The van der Waals surface area contributed by atoms with E-state index in [0.29, 0.717) is 11.2 Å². The largest absolute Gasteiger partial charge is 0.348 e. The molecule has 1 aliphatic rings. The predicted octanol–water partition coefficient (Wildman–Crippen LogP) is 3.82. The highest BCUT2D eigenvalue weighted by Gasteiger charge is 2.24. The molecule has 28 heavy (non-hydrogen) atoms. The standard InChI is InChI=1S/C22H24N4O2/c1-2-15-9-3-6-12-17(15)24-22(28)20-25-19(18-13-7-8-14-26(18)20)21(27)23-16-10-4-5-11-16/h3,6-9,12-14,16H,2,4-5,10-11H2,1H3,(H,23,27)(H,24,28). The van der Waals surface area contributed by atoms with E-state index in [1.165, 1.54) is 0 Å². The van der Waals surface area contributed by atoms with Gasteiger partial charge in [-0.15, -0.1) is 0 Å². The van der Waals surface area contributed by atoms with E-state index in [4.69, 9.17) is 0 Å². The van der Waals surface area contributed by atoms with E-state index < -0.39 is 0 Å². The van der Waals surface area contributed by atoms with Crippen LogP contribution in [0, 0.1) is 0 Å². The van der Waals surface area contributed by atoms with E-state index in [1.54, 1.807) is 10.6 Å². The van der Waals surface area contributed by atoms with Crippen LogP contribution in [0.1, 0.15) is 59.3 Å². The molecular formula is C22H24N4O2. The lowest BCUT2D eigenvalue weighted by molar-refractivity contribution is 0.0935. The normalized spacial score (nSPS) is 14.3. The molecule has 6 nitrogen and oxygen atoms in total. The molecule has 2 heterocycles. The van der Waals surface area contributed by atoms with Crippen LogP contribution in [0.25, 0.3) is 5.52 Å². The number of carbonyl (C=O) groups excluding carboxylic acids is 2. The van der Waals surface area contributed by atoms with Crippen molar-refractivity contribution in [2.75, 3.05) is 5.32 Å². The van der Waals surface area contributed by atoms with E-state index in [9.17, 15) is 9.59 Å². The molecule has 4 rings (SSSR count). The smallest absolute Gasteiger partial charge is 0.292 e. The zero-order valence-electron chi connectivity index (χ0n) is 15.9. The van der Waals surface area contributed by atoms with Gasteiger partial charge < -0.3 is 10.6 Å². The molecule has 0 saturated heterocycles. The second kappa shape index (κ2) is 7.84. The number of benzene rings is 1. The van der Waals surface area contributed by atoms with Gasteiger partial charge in [-0.3, -0.25) is 14.0 Å². The summed E-state index contributed by atoms with van der Waals surface area (Å²) in [6, 6.07) is 13.4. The van der Waals surface area contributed by atoms with Crippen molar-refractivity contribution in [3.63, 3.8) is 0 Å². The number of nitrogens with one attached hydrogen (secondary N) is 2. The van der Waals surface area contributed by atoms with Crippen molar-refractivity contribution < 1.29 is 9.59 Å². The first-order chi connectivity index (χ1) is 13.7. The van der Waals surface area contributed by atoms with Gasteiger partial charge in [0.25, 0.3) is 11.8 Å². The molecule has 0 radical (unpaired) electrons. The first kappa shape index (κ1) is 18.2. The summed E-state index contributed by atoms with van der Waals surface area (Å²) in [5, 5.41) is 6.00. The van der Waals surface area contributed by atoms with Gasteiger partial charge in [0.1, 0.15) is 0 Å². The molecule has 1 aliphatic carbocycles. The van der Waals surface area contributed by atoms with Crippen molar-refractivity contribution in [3.05, 3.63) is 65.7 Å². The summed E-state index contributed by atoms with van der Waals surface area (Å²) in [5.74, 6) is -0.344. The average molecular weight is 376 g/mol. The van der Waals surface area contributed by atoms with Crippen molar-refractivity contribution >= 4 is 23.0 Å². The Kier molecular flexibility index (Phi) is 5.10. The molecule has 1 fully saturated rings. The number of hydrogen-bond donors (Lipinski definition) is 2. The fraction of sp³-hybridized carbons (Fsp3) is 0.318. The third-order valence-electron chi connectivity index (χ3n) is 5.30. The second-order valence-corrected chi connectivity index (χ2v) is 7.16. The lowest BCUT2D eigenvalue weighted by Gasteiger charge is -2.10. The molecule has 2 amide bonds. The van der Waals surface area contributed by atoms with Gasteiger partial charge in [-0.25, -0.2) is 4.98 Å². The number of anilines is 1. The zero-order valence-corrected chi connectivity index (χ0v) is 15.9. The molecule has 144 valence electrons. The minimum atomic E-state index is -0.331.